The lowest BCUT2D eigenvalue weighted by molar-refractivity contribution is -0.137. The molecule has 5 nitrogen and oxygen atoms in total. The van der Waals surface area contributed by atoms with Crippen LogP contribution in [0.25, 0.3) is 22.6 Å². The Morgan fingerprint density at radius 2 is 1.71 bits per heavy atom. The van der Waals surface area contributed by atoms with Crippen LogP contribution in [0.1, 0.15) is 22.6 Å². The molecule has 0 aliphatic carbocycles. The van der Waals surface area contributed by atoms with Crippen molar-refractivity contribution in [2.45, 2.75) is 19.5 Å². The molecule has 0 saturated heterocycles. The molecule has 2 heterocycles. The van der Waals surface area contributed by atoms with Crippen molar-refractivity contribution in [3.05, 3.63) is 83.3 Å². The van der Waals surface area contributed by atoms with Crippen LogP contribution in [0.3, 0.4) is 0 Å². The number of phenols is 2. The van der Waals surface area contributed by atoms with E-state index in [0.717, 1.165) is 17.8 Å². The minimum Gasteiger partial charge on any atom is -0.508 e. The number of pyridine rings is 1. The standard InChI is InChI=1S/C23H18F3N3O2/c1-13-4-2-7-18(27-13)22-21(17-12-16(30)8-9-19(17)31)28-20(29-22)11-14-5-3-6-15(10-14)23(24,25)26/h2-10,12,30-31H,11H2,1H3,(H,28,29). The summed E-state index contributed by atoms with van der Waals surface area (Å²) >= 11 is 0. The summed E-state index contributed by atoms with van der Waals surface area (Å²) < 4.78 is 39.2. The lowest BCUT2D eigenvalue weighted by Gasteiger charge is -2.07. The van der Waals surface area contributed by atoms with Crippen molar-refractivity contribution < 1.29 is 23.4 Å². The number of hydrogen-bond acceptors (Lipinski definition) is 4. The third-order valence-corrected chi connectivity index (χ3v) is 4.76. The predicted octanol–water partition coefficient (Wildman–Crippen LogP) is 5.47. The number of alkyl halides is 3. The second-order valence-corrected chi connectivity index (χ2v) is 7.15. The Kier molecular flexibility index (Phi) is 5.14. The molecule has 158 valence electrons. The average molecular weight is 425 g/mol. The molecule has 0 amide bonds. The number of phenolic OH excluding ortho intramolecular Hbond substituents is 2. The first-order chi connectivity index (χ1) is 14.7. The quantitative estimate of drug-likeness (QED) is 0.379. The van der Waals surface area contributed by atoms with Gasteiger partial charge in [-0.05, 0) is 48.9 Å². The zero-order chi connectivity index (χ0) is 22.2. The molecular weight excluding hydrogens is 407 g/mol. The number of aromatic hydroxyl groups is 2. The van der Waals surface area contributed by atoms with Gasteiger partial charge in [-0.1, -0.05) is 24.3 Å². The zero-order valence-corrected chi connectivity index (χ0v) is 16.4. The molecule has 2 aromatic carbocycles. The Morgan fingerprint density at radius 3 is 2.45 bits per heavy atom. The van der Waals surface area contributed by atoms with Gasteiger partial charge in [0, 0.05) is 17.7 Å². The van der Waals surface area contributed by atoms with Crippen LogP contribution >= 0.6 is 0 Å². The fourth-order valence-corrected chi connectivity index (χ4v) is 3.33. The van der Waals surface area contributed by atoms with Gasteiger partial charge in [0.05, 0.1) is 17.0 Å². The van der Waals surface area contributed by atoms with Crippen LogP contribution in [0, 0.1) is 6.92 Å². The van der Waals surface area contributed by atoms with E-state index >= 15 is 0 Å². The van der Waals surface area contributed by atoms with Crippen LogP contribution < -0.4 is 0 Å². The maximum Gasteiger partial charge on any atom is 0.416 e. The van der Waals surface area contributed by atoms with Gasteiger partial charge in [0.25, 0.3) is 0 Å². The van der Waals surface area contributed by atoms with Gasteiger partial charge >= 0.3 is 6.18 Å². The highest BCUT2D eigenvalue weighted by Gasteiger charge is 2.30. The maximum atomic E-state index is 13.1. The average Bonchev–Trinajstić information content (AvgIpc) is 3.13. The van der Waals surface area contributed by atoms with Crippen LogP contribution in [0.15, 0.2) is 60.7 Å². The van der Waals surface area contributed by atoms with E-state index in [-0.39, 0.29) is 23.5 Å². The minimum absolute atomic E-state index is 0.0571. The molecule has 8 heteroatoms. The minimum atomic E-state index is -4.44. The Bertz CT molecular complexity index is 1250. The van der Waals surface area contributed by atoms with Crippen LogP contribution in [-0.4, -0.2) is 25.2 Å². The van der Waals surface area contributed by atoms with Crippen LogP contribution in [0.4, 0.5) is 13.2 Å². The van der Waals surface area contributed by atoms with Crippen molar-refractivity contribution in [1.29, 1.82) is 0 Å². The van der Waals surface area contributed by atoms with E-state index in [9.17, 15) is 23.4 Å². The number of aromatic nitrogens is 3. The number of nitrogens with zero attached hydrogens (tertiary/aromatic N) is 2. The van der Waals surface area contributed by atoms with Gasteiger partial charge < -0.3 is 15.2 Å². The lowest BCUT2D eigenvalue weighted by atomic mass is 10.1. The number of imidazole rings is 1. The van der Waals surface area contributed by atoms with Gasteiger partial charge in [-0.3, -0.25) is 4.98 Å². The largest absolute Gasteiger partial charge is 0.508 e. The highest BCUT2D eigenvalue weighted by Crippen LogP contribution is 2.37. The van der Waals surface area contributed by atoms with E-state index in [2.05, 4.69) is 15.0 Å². The third-order valence-electron chi connectivity index (χ3n) is 4.76. The Hall–Kier alpha value is -3.81. The van der Waals surface area contributed by atoms with E-state index in [4.69, 9.17) is 0 Å². The predicted molar refractivity (Wildman–Crippen MR) is 110 cm³/mol. The van der Waals surface area contributed by atoms with Crippen molar-refractivity contribution in [3.63, 3.8) is 0 Å². The van der Waals surface area contributed by atoms with E-state index in [0.29, 0.717) is 28.5 Å². The molecule has 4 rings (SSSR count). The van der Waals surface area contributed by atoms with E-state index < -0.39 is 11.7 Å². The second kappa shape index (κ2) is 7.79. The third kappa shape index (κ3) is 4.37. The van der Waals surface area contributed by atoms with Crippen LogP contribution in [0.2, 0.25) is 0 Å². The maximum absolute atomic E-state index is 13.1. The molecule has 0 aliphatic heterocycles. The number of nitrogens with one attached hydrogen (secondary N) is 1. The Morgan fingerprint density at radius 1 is 0.935 bits per heavy atom. The van der Waals surface area contributed by atoms with Gasteiger partial charge in [-0.2, -0.15) is 13.2 Å². The molecule has 0 radical (unpaired) electrons. The summed E-state index contributed by atoms with van der Waals surface area (Å²) in [4.78, 5) is 12.1. The molecule has 0 spiro atoms. The molecule has 31 heavy (non-hydrogen) atoms. The molecule has 2 aromatic heterocycles. The van der Waals surface area contributed by atoms with Crippen molar-refractivity contribution in [2.75, 3.05) is 0 Å². The Labute approximate surface area is 175 Å². The Balaban J connectivity index is 1.81. The molecule has 0 fully saturated rings. The highest BCUT2D eigenvalue weighted by atomic mass is 19.4. The molecule has 0 aliphatic rings. The van der Waals surface area contributed by atoms with Gasteiger partial charge in [-0.15, -0.1) is 0 Å². The topological polar surface area (TPSA) is 82.0 Å². The monoisotopic (exact) mass is 425 g/mol. The summed E-state index contributed by atoms with van der Waals surface area (Å²) in [6.45, 7) is 1.83. The molecule has 4 aromatic rings. The SMILES string of the molecule is Cc1cccc(-c2[nH]c(Cc3cccc(C(F)(F)F)c3)nc2-c2cc(O)ccc2O)n1. The van der Waals surface area contributed by atoms with Crippen molar-refractivity contribution >= 4 is 0 Å². The van der Waals surface area contributed by atoms with Crippen molar-refractivity contribution in [3.8, 4) is 34.1 Å². The number of benzene rings is 2. The van der Waals surface area contributed by atoms with Gasteiger partial charge in [0.1, 0.15) is 23.0 Å². The summed E-state index contributed by atoms with van der Waals surface area (Å²) in [6.07, 6.45) is -4.32. The van der Waals surface area contributed by atoms with Gasteiger partial charge in [0.2, 0.25) is 0 Å². The first-order valence-corrected chi connectivity index (χ1v) is 9.42. The number of halogens is 3. The number of H-pyrrole nitrogens is 1. The molecule has 0 saturated carbocycles. The van der Waals surface area contributed by atoms with Crippen LogP contribution in [0.5, 0.6) is 11.5 Å². The van der Waals surface area contributed by atoms with E-state index in [1.54, 1.807) is 12.1 Å². The van der Waals surface area contributed by atoms with E-state index in [1.165, 1.54) is 24.3 Å². The summed E-state index contributed by atoms with van der Waals surface area (Å²) in [5.74, 6) is 0.248. The van der Waals surface area contributed by atoms with Crippen molar-refractivity contribution in [2.24, 2.45) is 0 Å². The van der Waals surface area contributed by atoms with Gasteiger partial charge in [0.15, 0.2) is 0 Å². The molecule has 0 bridgehead atoms. The summed E-state index contributed by atoms with van der Waals surface area (Å²) in [6, 6.07) is 14.5. The molecular formula is C23H18F3N3O2. The lowest BCUT2D eigenvalue weighted by Crippen LogP contribution is -2.05. The second-order valence-electron chi connectivity index (χ2n) is 7.15. The zero-order valence-electron chi connectivity index (χ0n) is 16.4. The molecule has 0 atom stereocenters. The van der Waals surface area contributed by atoms with Crippen molar-refractivity contribution in [1.82, 2.24) is 15.0 Å². The fourth-order valence-electron chi connectivity index (χ4n) is 3.33. The molecule has 0 unspecified atom stereocenters. The number of hydrogen-bond donors (Lipinski definition) is 3. The first-order valence-electron chi connectivity index (χ1n) is 9.42. The number of rotatable bonds is 4. The van der Waals surface area contributed by atoms with Gasteiger partial charge in [-0.25, -0.2) is 4.98 Å². The number of aromatic amines is 1. The smallest absolute Gasteiger partial charge is 0.416 e. The first kappa shape index (κ1) is 20.5. The number of aryl methyl sites for hydroxylation is 1. The van der Waals surface area contributed by atoms with E-state index in [1.807, 2.05) is 19.1 Å². The van der Waals surface area contributed by atoms with Crippen LogP contribution in [-0.2, 0) is 12.6 Å². The molecule has 3 N–H and O–H groups in total. The summed E-state index contributed by atoms with van der Waals surface area (Å²) in [5.41, 5.74) is 2.13. The summed E-state index contributed by atoms with van der Waals surface area (Å²) in [5, 5.41) is 20.2. The normalized spacial score (nSPS) is 11.6. The highest BCUT2D eigenvalue weighted by molar-refractivity contribution is 5.80. The fraction of sp³-hybridized carbons (Fsp3) is 0.130. The summed E-state index contributed by atoms with van der Waals surface area (Å²) in [7, 11) is 0.